The number of methoxy groups -OCH3 is 2. The zero-order chi connectivity index (χ0) is 22.0. The number of nitrogens with zero attached hydrogens (tertiary/aromatic N) is 3. The number of aromatic nitrogens is 2. The maximum atomic E-state index is 12.9. The van der Waals surface area contributed by atoms with Crippen LogP contribution in [0.4, 0.5) is 11.5 Å². The maximum Gasteiger partial charge on any atom is 0.257 e. The number of hydrogen-bond acceptors (Lipinski definition) is 6. The van der Waals surface area contributed by atoms with Gasteiger partial charge in [-0.25, -0.2) is 9.97 Å². The van der Waals surface area contributed by atoms with Gasteiger partial charge in [0.2, 0.25) is 5.91 Å². The summed E-state index contributed by atoms with van der Waals surface area (Å²) in [5, 5.41) is 3.61. The highest BCUT2D eigenvalue weighted by Crippen LogP contribution is 2.33. The van der Waals surface area contributed by atoms with E-state index in [0.717, 1.165) is 22.4 Å². The van der Waals surface area contributed by atoms with Crippen LogP contribution in [-0.4, -0.2) is 43.2 Å². The van der Waals surface area contributed by atoms with Crippen LogP contribution in [0, 0.1) is 12.8 Å². The first-order chi connectivity index (χ1) is 15.0. The van der Waals surface area contributed by atoms with Crippen LogP contribution in [0.5, 0.6) is 11.6 Å². The molecule has 4 rings (SSSR count). The number of hydrogen-bond donors (Lipinski definition) is 1. The van der Waals surface area contributed by atoms with E-state index in [9.17, 15) is 4.79 Å². The molecule has 0 saturated carbocycles. The molecular weight excluding hydrogens is 416 g/mol. The molecule has 0 unspecified atom stereocenters. The number of ether oxygens (including phenoxy) is 2. The summed E-state index contributed by atoms with van der Waals surface area (Å²) in [6.45, 7) is 3.28. The first kappa shape index (κ1) is 21.2. The van der Waals surface area contributed by atoms with Crippen LogP contribution in [0.3, 0.4) is 0 Å². The molecule has 31 heavy (non-hydrogen) atoms. The fraction of sp³-hybridized carbons (Fsp3) is 0.348. The zero-order valence-corrected chi connectivity index (χ0v) is 18.6. The van der Waals surface area contributed by atoms with Gasteiger partial charge in [0.1, 0.15) is 5.75 Å². The number of anilines is 2. The SMILES string of the molecule is COc1cc(Cl)c(C)cc1NC(=O)C1CCN(c2nc3ccccc3nc2OC)CC1. The van der Waals surface area contributed by atoms with Crippen molar-refractivity contribution in [3.8, 4) is 11.6 Å². The lowest BCUT2D eigenvalue weighted by molar-refractivity contribution is -0.120. The summed E-state index contributed by atoms with van der Waals surface area (Å²) < 4.78 is 10.9. The first-order valence-corrected chi connectivity index (χ1v) is 10.6. The highest BCUT2D eigenvalue weighted by molar-refractivity contribution is 6.31. The second-order valence-electron chi connectivity index (χ2n) is 7.60. The molecule has 1 aromatic heterocycles. The van der Waals surface area contributed by atoms with Crippen molar-refractivity contribution < 1.29 is 14.3 Å². The average molecular weight is 441 g/mol. The minimum absolute atomic E-state index is 0.0174. The molecule has 2 aromatic carbocycles. The third-order valence-electron chi connectivity index (χ3n) is 5.62. The average Bonchev–Trinajstić information content (AvgIpc) is 2.80. The van der Waals surface area contributed by atoms with Crippen LogP contribution >= 0.6 is 11.6 Å². The lowest BCUT2D eigenvalue weighted by atomic mass is 9.95. The van der Waals surface area contributed by atoms with E-state index in [4.69, 9.17) is 26.1 Å². The van der Waals surface area contributed by atoms with Gasteiger partial charge in [-0.1, -0.05) is 23.7 Å². The number of halogens is 1. The zero-order valence-electron chi connectivity index (χ0n) is 17.8. The molecule has 1 aliphatic rings. The molecule has 1 N–H and O–H groups in total. The van der Waals surface area contributed by atoms with Crippen molar-refractivity contribution in [3.63, 3.8) is 0 Å². The van der Waals surface area contributed by atoms with Gasteiger partial charge < -0.3 is 19.7 Å². The summed E-state index contributed by atoms with van der Waals surface area (Å²) in [6.07, 6.45) is 1.41. The van der Waals surface area contributed by atoms with Crippen molar-refractivity contribution in [1.82, 2.24) is 9.97 Å². The molecule has 1 amide bonds. The molecule has 3 aromatic rings. The van der Waals surface area contributed by atoms with Crippen LogP contribution in [0.15, 0.2) is 36.4 Å². The van der Waals surface area contributed by atoms with Gasteiger partial charge in [-0.15, -0.1) is 0 Å². The summed E-state index contributed by atoms with van der Waals surface area (Å²) in [5.74, 6) is 1.66. The topological polar surface area (TPSA) is 76.6 Å². The molecule has 7 nitrogen and oxygen atoms in total. The number of rotatable bonds is 5. The van der Waals surface area contributed by atoms with E-state index in [1.165, 1.54) is 0 Å². The minimum Gasteiger partial charge on any atom is -0.495 e. The van der Waals surface area contributed by atoms with Crippen molar-refractivity contribution >= 4 is 40.0 Å². The molecule has 1 aliphatic heterocycles. The summed E-state index contributed by atoms with van der Waals surface area (Å²) >= 11 is 6.17. The molecule has 162 valence electrons. The van der Waals surface area contributed by atoms with E-state index < -0.39 is 0 Å². The van der Waals surface area contributed by atoms with Crippen molar-refractivity contribution in [3.05, 3.63) is 47.0 Å². The smallest absolute Gasteiger partial charge is 0.257 e. The number of amides is 1. The highest BCUT2D eigenvalue weighted by atomic mass is 35.5. The molecular formula is C23H25ClN4O3. The van der Waals surface area contributed by atoms with Crippen molar-refractivity contribution in [2.45, 2.75) is 19.8 Å². The number of fused-ring (bicyclic) bond motifs is 1. The number of carbonyl (C=O) groups excluding carboxylic acids is 1. The van der Waals surface area contributed by atoms with Gasteiger partial charge >= 0.3 is 0 Å². The predicted molar refractivity (Wildman–Crippen MR) is 122 cm³/mol. The Morgan fingerprint density at radius 1 is 1.10 bits per heavy atom. The Kier molecular flexibility index (Phi) is 6.13. The fourth-order valence-corrected chi connectivity index (χ4v) is 3.99. The standard InChI is InChI=1S/C23H25ClN4O3/c1-14-12-19(20(30-2)13-16(14)24)26-22(29)15-8-10-28(11-9-15)21-23(31-3)27-18-7-5-4-6-17(18)25-21/h4-7,12-13,15H,8-11H2,1-3H3,(H,26,29). The summed E-state index contributed by atoms with van der Waals surface area (Å²) in [4.78, 5) is 24.4. The molecule has 1 saturated heterocycles. The molecule has 0 atom stereocenters. The van der Waals surface area contributed by atoms with Gasteiger partial charge in [0.25, 0.3) is 5.88 Å². The van der Waals surface area contributed by atoms with E-state index in [1.54, 1.807) is 20.3 Å². The van der Waals surface area contributed by atoms with E-state index in [0.29, 0.717) is 48.3 Å². The number of piperidine rings is 1. The summed E-state index contributed by atoms with van der Waals surface area (Å²) in [6, 6.07) is 11.3. The van der Waals surface area contributed by atoms with Gasteiger partial charge in [0.05, 0.1) is 30.9 Å². The largest absolute Gasteiger partial charge is 0.495 e. The summed E-state index contributed by atoms with van der Waals surface area (Å²) in [5.41, 5.74) is 3.14. The van der Waals surface area contributed by atoms with Gasteiger partial charge in [-0.3, -0.25) is 4.79 Å². The Bertz CT molecular complexity index is 1110. The third kappa shape index (κ3) is 4.37. The summed E-state index contributed by atoms with van der Waals surface area (Å²) in [7, 11) is 3.16. The molecule has 0 bridgehead atoms. The lowest BCUT2D eigenvalue weighted by Gasteiger charge is -2.32. The third-order valence-corrected chi connectivity index (χ3v) is 6.03. The van der Waals surface area contributed by atoms with Crippen LogP contribution in [0.25, 0.3) is 11.0 Å². The number of benzene rings is 2. The van der Waals surface area contributed by atoms with E-state index in [-0.39, 0.29) is 11.8 Å². The number of nitrogens with one attached hydrogen (secondary N) is 1. The Hall–Kier alpha value is -3.06. The van der Waals surface area contributed by atoms with Crippen molar-refractivity contribution in [2.75, 3.05) is 37.5 Å². The Balaban J connectivity index is 1.46. The first-order valence-electron chi connectivity index (χ1n) is 10.2. The van der Waals surface area contributed by atoms with Crippen LogP contribution in [-0.2, 0) is 4.79 Å². The monoisotopic (exact) mass is 440 g/mol. The molecule has 1 fully saturated rings. The molecule has 0 radical (unpaired) electrons. The fourth-order valence-electron chi connectivity index (χ4n) is 3.84. The molecule has 8 heteroatoms. The highest BCUT2D eigenvalue weighted by Gasteiger charge is 2.28. The minimum atomic E-state index is -0.101. The Morgan fingerprint density at radius 2 is 1.77 bits per heavy atom. The normalized spacial score (nSPS) is 14.5. The number of para-hydroxylation sites is 2. The predicted octanol–water partition coefficient (Wildman–Crippen LogP) is 4.46. The van der Waals surface area contributed by atoms with Gasteiger partial charge in [0.15, 0.2) is 5.82 Å². The van der Waals surface area contributed by atoms with Crippen LogP contribution < -0.4 is 19.7 Å². The quantitative estimate of drug-likeness (QED) is 0.631. The molecule has 0 aliphatic carbocycles. The lowest BCUT2D eigenvalue weighted by Crippen LogP contribution is -2.38. The number of carbonyl (C=O) groups is 1. The van der Waals surface area contributed by atoms with Crippen LogP contribution in [0.1, 0.15) is 18.4 Å². The number of aryl methyl sites for hydroxylation is 1. The van der Waals surface area contributed by atoms with E-state index in [1.807, 2.05) is 37.3 Å². The van der Waals surface area contributed by atoms with Crippen molar-refractivity contribution in [2.24, 2.45) is 5.92 Å². The van der Waals surface area contributed by atoms with Gasteiger partial charge in [0, 0.05) is 30.1 Å². The molecule has 0 spiro atoms. The maximum absolute atomic E-state index is 12.9. The van der Waals surface area contributed by atoms with Crippen molar-refractivity contribution in [1.29, 1.82) is 0 Å². The van der Waals surface area contributed by atoms with Gasteiger partial charge in [-0.2, -0.15) is 0 Å². The van der Waals surface area contributed by atoms with Gasteiger partial charge in [-0.05, 0) is 43.5 Å². The second-order valence-corrected chi connectivity index (χ2v) is 8.00. The van der Waals surface area contributed by atoms with E-state index >= 15 is 0 Å². The van der Waals surface area contributed by atoms with E-state index in [2.05, 4.69) is 15.2 Å². The Labute approximate surface area is 186 Å². The van der Waals surface area contributed by atoms with Crippen LogP contribution in [0.2, 0.25) is 5.02 Å². The Morgan fingerprint density at radius 3 is 2.42 bits per heavy atom. The second kappa shape index (κ2) is 8.98. The molecule has 2 heterocycles.